The SMILES string of the molecule is Cc1ccc(-c2cnc(C3(C#N)COC3)[nH]2)cc1. The fourth-order valence-electron chi connectivity index (χ4n) is 2.00. The van der Waals surface area contributed by atoms with Crippen LogP contribution in [0.15, 0.2) is 30.5 Å². The number of nitriles is 1. The molecule has 0 saturated carbocycles. The number of aromatic amines is 1. The second kappa shape index (κ2) is 3.97. The van der Waals surface area contributed by atoms with E-state index < -0.39 is 5.41 Å². The van der Waals surface area contributed by atoms with Crippen LogP contribution in [0.4, 0.5) is 0 Å². The van der Waals surface area contributed by atoms with Gasteiger partial charge in [-0.15, -0.1) is 0 Å². The molecule has 90 valence electrons. The molecule has 0 amide bonds. The first-order chi connectivity index (χ1) is 8.73. The van der Waals surface area contributed by atoms with Gasteiger partial charge in [-0.3, -0.25) is 0 Å². The van der Waals surface area contributed by atoms with Crippen molar-refractivity contribution in [1.82, 2.24) is 9.97 Å². The molecule has 1 aliphatic heterocycles. The van der Waals surface area contributed by atoms with Crippen LogP contribution in [0, 0.1) is 18.3 Å². The summed E-state index contributed by atoms with van der Waals surface area (Å²) in [6.45, 7) is 2.90. The van der Waals surface area contributed by atoms with Crippen LogP contribution in [0.2, 0.25) is 0 Å². The number of rotatable bonds is 2. The zero-order valence-electron chi connectivity index (χ0n) is 10.1. The van der Waals surface area contributed by atoms with Crippen molar-refractivity contribution in [2.24, 2.45) is 0 Å². The fourth-order valence-corrected chi connectivity index (χ4v) is 2.00. The highest BCUT2D eigenvalue weighted by Crippen LogP contribution is 2.31. The first-order valence-corrected chi connectivity index (χ1v) is 5.85. The number of H-pyrrole nitrogens is 1. The molecule has 2 heterocycles. The lowest BCUT2D eigenvalue weighted by Gasteiger charge is -2.32. The Morgan fingerprint density at radius 2 is 2.06 bits per heavy atom. The number of hydrogen-bond acceptors (Lipinski definition) is 3. The van der Waals surface area contributed by atoms with Crippen molar-refractivity contribution in [3.05, 3.63) is 41.9 Å². The van der Waals surface area contributed by atoms with Gasteiger partial charge in [0.25, 0.3) is 0 Å². The normalized spacial score (nSPS) is 16.9. The van der Waals surface area contributed by atoms with Gasteiger partial charge < -0.3 is 9.72 Å². The topological polar surface area (TPSA) is 61.7 Å². The van der Waals surface area contributed by atoms with E-state index in [-0.39, 0.29) is 0 Å². The van der Waals surface area contributed by atoms with Gasteiger partial charge in [-0.25, -0.2) is 4.98 Å². The third-order valence-electron chi connectivity index (χ3n) is 3.30. The molecule has 0 radical (unpaired) electrons. The van der Waals surface area contributed by atoms with E-state index in [9.17, 15) is 5.26 Å². The number of aryl methyl sites for hydroxylation is 1. The molecule has 1 aromatic carbocycles. The summed E-state index contributed by atoms with van der Waals surface area (Å²) in [4.78, 5) is 7.55. The second-order valence-corrected chi connectivity index (χ2v) is 4.70. The van der Waals surface area contributed by atoms with Crippen LogP contribution in [0.1, 0.15) is 11.4 Å². The molecule has 1 aromatic heterocycles. The summed E-state index contributed by atoms with van der Waals surface area (Å²) >= 11 is 0. The molecule has 3 rings (SSSR count). The maximum absolute atomic E-state index is 9.22. The van der Waals surface area contributed by atoms with Crippen LogP contribution in [0.5, 0.6) is 0 Å². The standard InChI is InChI=1S/C14H13N3O/c1-10-2-4-11(5-3-10)12-6-16-13(17-12)14(7-15)8-18-9-14/h2-6H,8-9H2,1H3,(H,16,17). The highest BCUT2D eigenvalue weighted by Gasteiger charge is 2.43. The van der Waals surface area contributed by atoms with Crippen LogP contribution in [-0.4, -0.2) is 23.2 Å². The van der Waals surface area contributed by atoms with Crippen molar-refractivity contribution >= 4 is 0 Å². The number of nitrogens with zero attached hydrogens (tertiary/aromatic N) is 2. The number of benzene rings is 1. The molecular formula is C14H13N3O. The monoisotopic (exact) mass is 239 g/mol. The molecular weight excluding hydrogens is 226 g/mol. The van der Waals surface area contributed by atoms with Gasteiger partial charge in [0.05, 0.1) is 31.2 Å². The lowest BCUT2D eigenvalue weighted by molar-refractivity contribution is -0.0335. The molecule has 0 unspecified atom stereocenters. The highest BCUT2D eigenvalue weighted by molar-refractivity contribution is 5.59. The summed E-state index contributed by atoms with van der Waals surface area (Å²) in [5.41, 5.74) is 2.65. The molecule has 2 aromatic rings. The van der Waals surface area contributed by atoms with Crippen molar-refractivity contribution in [3.8, 4) is 17.3 Å². The zero-order valence-corrected chi connectivity index (χ0v) is 10.1. The van der Waals surface area contributed by atoms with E-state index in [1.165, 1.54) is 5.56 Å². The summed E-state index contributed by atoms with van der Waals surface area (Å²) in [6.07, 6.45) is 1.78. The average molecular weight is 239 g/mol. The molecule has 18 heavy (non-hydrogen) atoms. The van der Waals surface area contributed by atoms with Crippen molar-refractivity contribution < 1.29 is 4.74 Å². The maximum atomic E-state index is 9.22. The first kappa shape index (κ1) is 11.0. The summed E-state index contributed by atoms with van der Waals surface area (Å²) < 4.78 is 5.13. The van der Waals surface area contributed by atoms with Crippen LogP contribution in [-0.2, 0) is 10.2 Å². The molecule has 0 atom stereocenters. The van der Waals surface area contributed by atoms with Crippen LogP contribution in [0.3, 0.4) is 0 Å². The minimum Gasteiger partial charge on any atom is -0.377 e. The number of ether oxygens (including phenoxy) is 1. The van der Waals surface area contributed by atoms with Gasteiger partial charge in [0.1, 0.15) is 5.82 Å². The number of nitrogens with one attached hydrogen (secondary N) is 1. The second-order valence-electron chi connectivity index (χ2n) is 4.70. The van der Waals surface area contributed by atoms with Crippen molar-refractivity contribution in [3.63, 3.8) is 0 Å². The summed E-state index contributed by atoms with van der Waals surface area (Å²) in [6, 6.07) is 10.5. The van der Waals surface area contributed by atoms with E-state index in [4.69, 9.17) is 4.74 Å². The zero-order chi connectivity index (χ0) is 12.6. The van der Waals surface area contributed by atoms with E-state index in [2.05, 4.69) is 35.1 Å². The maximum Gasteiger partial charge on any atom is 0.161 e. The quantitative estimate of drug-likeness (QED) is 0.873. The van der Waals surface area contributed by atoms with Gasteiger partial charge >= 0.3 is 0 Å². The number of hydrogen-bond donors (Lipinski definition) is 1. The van der Waals surface area contributed by atoms with Gasteiger partial charge in [-0.1, -0.05) is 29.8 Å². The Morgan fingerprint density at radius 1 is 1.33 bits per heavy atom. The van der Waals surface area contributed by atoms with Gasteiger partial charge in [-0.2, -0.15) is 5.26 Å². The number of aromatic nitrogens is 2. The van der Waals surface area contributed by atoms with Gasteiger partial charge in [0, 0.05) is 0 Å². The first-order valence-electron chi connectivity index (χ1n) is 5.85. The molecule has 0 bridgehead atoms. The van der Waals surface area contributed by atoms with Crippen molar-refractivity contribution in [1.29, 1.82) is 5.26 Å². The largest absolute Gasteiger partial charge is 0.377 e. The number of imidazole rings is 1. The third-order valence-corrected chi connectivity index (χ3v) is 3.30. The van der Waals surface area contributed by atoms with E-state index in [1.54, 1.807) is 6.20 Å². The lowest BCUT2D eigenvalue weighted by Crippen LogP contribution is -2.46. The third kappa shape index (κ3) is 1.60. The Balaban J connectivity index is 1.95. The molecule has 1 aliphatic rings. The van der Waals surface area contributed by atoms with E-state index in [0.29, 0.717) is 19.0 Å². The minimum absolute atomic E-state index is 0.421. The van der Waals surface area contributed by atoms with E-state index in [0.717, 1.165) is 11.3 Å². The molecule has 0 spiro atoms. The molecule has 1 N–H and O–H groups in total. The van der Waals surface area contributed by atoms with E-state index >= 15 is 0 Å². The Bertz CT molecular complexity index is 603. The highest BCUT2D eigenvalue weighted by atomic mass is 16.5. The van der Waals surface area contributed by atoms with Gasteiger partial charge in [0.15, 0.2) is 5.41 Å². The molecule has 1 fully saturated rings. The predicted molar refractivity (Wildman–Crippen MR) is 66.9 cm³/mol. The summed E-state index contributed by atoms with van der Waals surface area (Å²) in [5, 5.41) is 9.22. The predicted octanol–water partition coefficient (Wildman–Crippen LogP) is 2.18. The smallest absolute Gasteiger partial charge is 0.161 e. The molecule has 0 aliphatic carbocycles. The lowest BCUT2D eigenvalue weighted by atomic mass is 9.87. The molecule has 4 nitrogen and oxygen atoms in total. The molecule has 1 saturated heterocycles. The Hall–Kier alpha value is -2.12. The average Bonchev–Trinajstić information content (AvgIpc) is 2.79. The Labute approximate surface area is 105 Å². The Kier molecular flexibility index (Phi) is 2.42. The van der Waals surface area contributed by atoms with Gasteiger partial charge in [-0.05, 0) is 12.5 Å². The molecule has 4 heteroatoms. The fraction of sp³-hybridized carbons (Fsp3) is 0.286. The minimum atomic E-state index is -0.580. The van der Waals surface area contributed by atoms with Crippen molar-refractivity contribution in [2.75, 3.05) is 13.2 Å². The van der Waals surface area contributed by atoms with Gasteiger partial charge in [0.2, 0.25) is 0 Å². The Morgan fingerprint density at radius 3 is 2.61 bits per heavy atom. The van der Waals surface area contributed by atoms with Crippen molar-refractivity contribution in [2.45, 2.75) is 12.3 Å². The summed E-state index contributed by atoms with van der Waals surface area (Å²) in [7, 11) is 0. The van der Waals surface area contributed by atoms with Crippen LogP contribution >= 0.6 is 0 Å². The summed E-state index contributed by atoms with van der Waals surface area (Å²) in [5.74, 6) is 0.701. The van der Waals surface area contributed by atoms with Crippen LogP contribution < -0.4 is 0 Å². The van der Waals surface area contributed by atoms with Crippen LogP contribution in [0.25, 0.3) is 11.3 Å². The van der Waals surface area contributed by atoms with E-state index in [1.807, 2.05) is 12.1 Å².